The summed E-state index contributed by atoms with van der Waals surface area (Å²) in [7, 11) is 1.74. The molecule has 5 rings (SSSR count). The number of carboxylic acid groups (broad SMARTS) is 2. The van der Waals surface area contributed by atoms with Gasteiger partial charge in [-0.3, -0.25) is 4.90 Å². The highest BCUT2D eigenvalue weighted by Gasteiger charge is 2.29. The molecule has 0 saturated carbocycles. The molecular weight excluding hydrogens is 508 g/mol. The normalized spacial score (nSPS) is 18.5. The number of β-amino-alcohol motifs (C(OH)–C–C–N with tert-alkyl or cyclic N) is 1. The largest absolute Gasteiger partial charge is 0.496 e. The molecule has 202 valence electrons. The SMILES string of the molecule is COc1cccc2sc([C@@H]3CCN(C[C@H](O)COc4cccc5[nH]ccc45)[C@@H](C)C3)cc12.O=C(O)C(=O)O. The number of benzene rings is 2. The number of carbonyl (C=O) groups is 2. The highest BCUT2D eigenvalue weighted by atomic mass is 32.1. The number of thiophene rings is 1. The summed E-state index contributed by atoms with van der Waals surface area (Å²) in [4.78, 5) is 25.2. The molecule has 38 heavy (non-hydrogen) atoms. The van der Waals surface area contributed by atoms with Crippen LogP contribution < -0.4 is 9.47 Å². The Bertz CT molecular complexity index is 1390. The van der Waals surface area contributed by atoms with Crippen LogP contribution in [0.2, 0.25) is 0 Å². The number of likely N-dealkylation sites (tertiary alicyclic amines) is 1. The molecule has 0 radical (unpaired) electrons. The number of carboxylic acids is 2. The highest BCUT2D eigenvalue weighted by molar-refractivity contribution is 7.19. The maximum atomic E-state index is 10.7. The molecular formula is C28H32N2O7S. The first-order valence-corrected chi connectivity index (χ1v) is 13.2. The van der Waals surface area contributed by atoms with Gasteiger partial charge in [0.1, 0.15) is 24.2 Å². The fourth-order valence-corrected chi connectivity index (χ4v) is 6.10. The van der Waals surface area contributed by atoms with Crippen molar-refractivity contribution in [3.63, 3.8) is 0 Å². The molecule has 4 aromatic rings. The van der Waals surface area contributed by atoms with Crippen molar-refractivity contribution in [3.05, 3.63) is 59.6 Å². The van der Waals surface area contributed by atoms with Crippen LogP contribution in [0.25, 0.3) is 21.0 Å². The number of methoxy groups -OCH3 is 1. The van der Waals surface area contributed by atoms with E-state index in [1.807, 2.05) is 47.9 Å². The molecule has 9 nitrogen and oxygen atoms in total. The number of ether oxygens (including phenoxy) is 2. The number of aromatic amines is 1. The number of aliphatic hydroxyl groups excluding tert-OH is 1. The molecule has 1 saturated heterocycles. The van der Waals surface area contributed by atoms with Gasteiger partial charge in [0.25, 0.3) is 0 Å². The Hall–Kier alpha value is -3.60. The van der Waals surface area contributed by atoms with Crippen LogP contribution in [0.15, 0.2) is 54.7 Å². The molecule has 1 aliphatic rings. The Balaban J connectivity index is 0.000000505. The molecule has 10 heteroatoms. The minimum atomic E-state index is -1.82. The lowest BCUT2D eigenvalue weighted by molar-refractivity contribution is -0.159. The van der Waals surface area contributed by atoms with Crippen LogP contribution in [-0.2, 0) is 9.59 Å². The Morgan fingerprint density at radius 1 is 1.11 bits per heavy atom. The van der Waals surface area contributed by atoms with Crippen LogP contribution in [0.4, 0.5) is 0 Å². The van der Waals surface area contributed by atoms with Crippen LogP contribution in [-0.4, -0.2) is 76.1 Å². The van der Waals surface area contributed by atoms with Crippen molar-refractivity contribution in [2.75, 3.05) is 26.8 Å². The van der Waals surface area contributed by atoms with E-state index in [-0.39, 0.29) is 0 Å². The van der Waals surface area contributed by atoms with E-state index in [0.717, 1.165) is 41.8 Å². The van der Waals surface area contributed by atoms with Crippen LogP contribution in [0.3, 0.4) is 0 Å². The summed E-state index contributed by atoms with van der Waals surface area (Å²) in [6, 6.07) is 17.0. The monoisotopic (exact) mass is 540 g/mol. The molecule has 3 atom stereocenters. The van der Waals surface area contributed by atoms with E-state index < -0.39 is 18.0 Å². The summed E-state index contributed by atoms with van der Waals surface area (Å²) in [5.74, 6) is -1.32. The van der Waals surface area contributed by atoms with Gasteiger partial charge in [0, 0.05) is 44.6 Å². The molecule has 4 N–H and O–H groups in total. The van der Waals surface area contributed by atoms with Crippen LogP contribution in [0.5, 0.6) is 11.5 Å². The van der Waals surface area contributed by atoms with Crippen molar-refractivity contribution >= 4 is 44.3 Å². The second-order valence-electron chi connectivity index (χ2n) is 9.36. The zero-order valence-corrected chi connectivity index (χ0v) is 22.1. The van der Waals surface area contributed by atoms with E-state index >= 15 is 0 Å². The minimum absolute atomic E-state index is 0.299. The van der Waals surface area contributed by atoms with Crippen molar-refractivity contribution in [1.29, 1.82) is 0 Å². The van der Waals surface area contributed by atoms with Gasteiger partial charge >= 0.3 is 11.9 Å². The topological polar surface area (TPSA) is 132 Å². The van der Waals surface area contributed by atoms with Gasteiger partial charge in [0.05, 0.1) is 7.11 Å². The van der Waals surface area contributed by atoms with E-state index in [0.29, 0.717) is 25.1 Å². The third kappa shape index (κ3) is 6.45. The van der Waals surface area contributed by atoms with E-state index in [2.05, 4.69) is 35.0 Å². The molecule has 2 aromatic carbocycles. The molecule has 1 aliphatic heterocycles. The summed E-state index contributed by atoms with van der Waals surface area (Å²) in [6.07, 6.45) is 3.60. The van der Waals surface area contributed by atoms with Crippen molar-refractivity contribution in [2.45, 2.75) is 37.8 Å². The first-order valence-electron chi connectivity index (χ1n) is 12.4. The van der Waals surface area contributed by atoms with E-state index in [9.17, 15) is 5.11 Å². The summed E-state index contributed by atoms with van der Waals surface area (Å²) < 4.78 is 12.8. The number of rotatable bonds is 7. The molecule has 2 aromatic heterocycles. The molecule has 0 unspecified atom stereocenters. The van der Waals surface area contributed by atoms with Gasteiger partial charge in [-0.25, -0.2) is 9.59 Å². The average molecular weight is 541 g/mol. The summed E-state index contributed by atoms with van der Waals surface area (Å²) in [5.41, 5.74) is 1.05. The lowest BCUT2D eigenvalue weighted by atomic mass is 9.90. The molecule has 1 fully saturated rings. The lowest BCUT2D eigenvalue weighted by Crippen LogP contribution is -2.45. The van der Waals surface area contributed by atoms with Gasteiger partial charge in [-0.1, -0.05) is 12.1 Å². The number of hydrogen-bond donors (Lipinski definition) is 4. The van der Waals surface area contributed by atoms with Crippen molar-refractivity contribution in [2.24, 2.45) is 0 Å². The van der Waals surface area contributed by atoms with Gasteiger partial charge < -0.3 is 29.8 Å². The second kappa shape index (κ2) is 12.3. The minimum Gasteiger partial charge on any atom is -0.496 e. The van der Waals surface area contributed by atoms with Crippen molar-refractivity contribution in [3.8, 4) is 11.5 Å². The van der Waals surface area contributed by atoms with Crippen molar-refractivity contribution in [1.82, 2.24) is 9.88 Å². The highest BCUT2D eigenvalue weighted by Crippen LogP contribution is 2.40. The first-order chi connectivity index (χ1) is 18.3. The predicted octanol–water partition coefficient (Wildman–Crippen LogP) is 4.55. The molecule has 0 bridgehead atoms. The zero-order valence-electron chi connectivity index (χ0n) is 21.3. The van der Waals surface area contributed by atoms with Gasteiger partial charge in [0.2, 0.25) is 0 Å². The number of fused-ring (bicyclic) bond motifs is 2. The van der Waals surface area contributed by atoms with Crippen LogP contribution >= 0.6 is 11.3 Å². The molecule has 0 aliphatic carbocycles. The Morgan fingerprint density at radius 3 is 2.55 bits per heavy atom. The first kappa shape index (κ1) is 27.4. The summed E-state index contributed by atoms with van der Waals surface area (Å²) in [6.45, 7) is 4.19. The number of hydrogen-bond acceptors (Lipinski definition) is 7. The predicted molar refractivity (Wildman–Crippen MR) is 146 cm³/mol. The lowest BCUT2D eigenvalue weighted by Gasteiger charge is -2.38. The second-order valence-corrected chi connectivity index (χ2v) is 10.5. The van der Waals surface area contributed by atoms with Crippen LogP contribution in [0.1, 0.15) is 30.6 Å². The maximum Gasteiger partial charge on any atom is 0.414 e. The van der Waals surface area contributed by atoms with Gasteiger partial charge in [-0.2, -0.15) is 0 Å². The fraction of sp³-hybridized carbons (Fsp3) is 0.357. The number of nitrogens with one attached hydrogen (secondary N) is 1. The van der Waals surface area contributed by atoms with Crippen LogP contribution in [0, 0.1) is 0 Å². The molecule has 0 spiro atoms. The Morgan fingerprint density at radius 2 is 1.84 bits per heavy atom. The Kier molecular flexibility index (Phi) is 8.88. The smallest absolute Gasteiger partial charge is 0.414 e. The van der Waals surface area contributed by atoms with E-state index in [1.165, 1.54) is 15.0 Å². The zero-order chi connectivity index (χ0) is 27.2. The van der Waals surface area contributed by atoms with E-state index in [1.54, 1.807) is 7.11 Å². The Labute approximate surface area is 224 Å². The maximum absolute atomic E-state index is 10.7. The number of aromatic nitrogens is 1. The number of piperidine rings is 1. The number of nitrogens with zero attached hydrogens (tertiary/aromatic N) is 1. The average Bonchev–Trinajstić information content (AvgIpc) is 3.56. The molecule has 0 amide bonds. The van der Waals surface area contributed by atoms with E-state index in [4.69, 9.17) is 29.3 Å². The standard InChI is InChI=1S/C26H30N2O3S.C2H2O4/c1-17-13-18(26-14-21-23(30-2)6-4-8-25(21)32-26)10-12-28(17)15-19(29)16-31-24-7-3-5-22-20(24)9-11-27-22;3-1(4)2(5)6/h3-9,11,14,17-19,27,29H,10,12-13,15-16H2,1-2H3;(H,3,4)(H,5,6)/t17-,18+,19-;/m0./s1. The summed E-state index contributed by atoms with van der Waals surface area (Å²) in [5, 5.41) is 27.7. The van der Waals surface area contributed by atoms with Gasteiger partial charge in [0.15, 0.2) is 0 Å². The number of H-pyrrole nitrogens is 1. The van der Waals surface area contributed by atoms with Gasteiger partial charge in [-0.15, -0.1) is 11.3 Å². The fourth-order valence-electron chi connectivity index (χ4n) is 4.88. The summed E-state index contributed by atoms with van der Waals surface area (Å²) >= 11 is 1.89. The van der Waals surface area contributed by atoms with Crippen molar-refractivity contribution < 1.29 is 34.4 Å². The molecule has 3 heterocycles. The number of aliphatic carboxylic acids is 2. The number of aliphatic hydroxyl groups is 1. The third-order valence-electron chi connectivity index (χ3n) is 6.79. The quantitative estimate of drug-likeness (QED) is 0.251. The van der Waals surface area contributed by atoms with Gasteiger partial charge in [-0.05, 0) is 68.6 Å². The third-order valence-corrected chi connectivity index (χ3v) is 8.05.